The van der Waals surface area contributed by atoms with Crippen LogP contribution >= 0.6 is 11.3 Å². The van der Waals surface area contributed by atoms with Crippen LogP contribution in [0.5, 0.6) is 0 Å². The van der Waals surface area contributed by atoms with Gasteiger partial charge >= 0.3 is 0 Å². The van der Waals surface area contributed by atoms with E-state index < -0.39 is 5.82 Å². The standard InChI is InChI=1S/C16H18FN5OS/c1-11-20-13(9-24-11)8-21-4-2-16(14(21)23)3-5-22(10-16)15-18-6-12(17)7-19-15/h6-7,9H,2-5,8,10H2,1H3. The van der Waals surface area contributed by atoms with Crippen molar-refractivity contribution in [1.82, 2.24) is 19.9 Å². The highest BCUT2D eigenvalue weighted by molar-refractivity contribution is 7.09. The van der Waals surface area contributed by atoms with E-state index in [-0.39, 0.29) is 11.3 Å². The van der Waals surface area contributed by atoms with Gasteiger partial charge in [0, 0.05) is 25.0 Å². The van der Waals surface area contributed by atoms with Crippen molar-refractivity contribution in [1.29, 1.82) is 0 Å². The lowest BCUT2D eigenvalue weighted by Gasteiger charge is -2.23. The molecule has 4 heterocycles. The average Bonchev–Trinajstić information content (AvgIpc) is 3.26. The third kappa shape index (κ3) is 2.64. The van der Waals surface area contributed by atoms with Gasteiger partial charge in [-0.25, -0.2) is 19.3 Å². The second-order valence-electron chi connectivity index (χ2n) is 6.49. The first kappa shape index (κ1) is 15.4. The second-order valence-corrected chi connectivity index (χ2v) is 7.55. The molecule has 0 saturated carbocycles. The molecule has 2 saturated heterocycles. The number of thiazole rings is 1. The maximum absolute atomic E-state index is 13.0. The quantitative estimate of drug-likeness (QED) is 0.850. The molecule has 1 atom stereocenters. The van der Waals surface area contributed by atoms with E-state index in [0.29, 0.717) is 19.0 Å². The van der Waals surface area contributed by atoms with Gasteiger partial charge in [0.05, 0.1) is 35.1 Å². The summed E-state index contributed by atoms with van der Waals surface area (Å²) in [6.45, 7) is 4.63. The molecule has 126 valence electrons. The van der Waals surface area contributed by atoms with Gasteiger partial charge in [-0.2, -0.15) is 0 Å². The van der Waals surface area contributed by atoms with Crippen LogP contribution in [0.2, 0.25) is 0 Å². The number of amides is 1. The Morgan fingerprint density at radius 1 is 1.29 bits per heavy atom. The molecule has 0 aliphatic carbocycles. The Balaban J connectivity index is 1.46. The fraction of sp³-hybridized carbons (Fsp3) is 0.500. The smallest absolute Gasteiger partial charge is 0.231 e. The number of hydrogen-bond donors (Lipinski definition) is 0. The Kier molecular flexibility index (Phi) is 3.71. The number of aromatic nitrogens is 3. The van der Waals surface area contributed by atoms with E-state index in [4.69, 9.17) is 0 Å². The Labute approximate surface area is 143 Å². The SMILES string of the molecule is Cc1nc(CN2CCC3(CCN(c4ncc(F)cn4)C3)C2=O)cs1. The largest absolute Gasteiger partial charge is 0.340 e. The molecule has 24 heavy (non-hydrogen) atoms. The highest BCUT2D eigenvalue weighted by Gasteiger charge is 2.51. The number of anilines is 1. The monoisotopic (exact) mass is 347 g/mol. The zero-order valence-electron chi connectivity index (χ0n) is 13.4. The van der Waals surface area contributed by atoms with Gasteiger partial charge in [-0.05, 0) is 19.8 Å². The van der Waals surface area contributed by atoms with Gasteiger partial charge in [0.1, 0.15) is 0 Å². The molecule has 2 aromatic heterocycles. The van der Waals surface area contributed by atoms with E-state index in [1.54, 1.807) is 11.3 Å². The molecule has 0 bridgehead atoms. The number of carbonyl (C=O) groups is 1. The van der Waals surface area contributed by atoms with Gasteiger partial charge in [-0.1, -0.05) is 0 Å². The number of likely N-dealkylation sites (tertiary alicyclic amines) is 1. The van der Waals surface area contributed by atoms with Crippen LogP contribution < -0.4 is 4.90 Å². The van der Waals surface area contributed by atoms with E-state index in [1.165, 1.54) is 12.4 Å². The summed E-state index contributed by atoms with van der Waals surface area (Å²) in [6.07, 6.45) is 3.97. The predicted octanol–water partition coefficient (Wildman–Crippen LogP) is 2.01. The average molecular weight is 347 g/mol. The lowest BCUT2D eigenvalue weighted by Crippen LogP contribution is -2.37. The van der Waals surface area contributed by atoms with Crippen LogP contribution in [0.3, 0.4) is 0 Å². The zero-order chi connectivity index (χ0) is 16.7. The summed E-state index contributed by atoms with van der Waals surface area (Å²) in [5, 5.41) is 3.04. The Morgan fingerprint density at radius 3 is 2.75 bits per heavy atom. The van der Waals surface area contributed by atoms with Crippen LogP contribution in [0, 0.1) is 18.2 Å². The molecular formula is C16H18FN5OS. The minimum absolute atomic E-state index is 0.192. The Morgan fingerprint density at radius 2 is 2.04 bits per heavy atom. The third-order valence-corrected chi connectivity index (χ3v) is 5.69. The van der Waals surface area contributed by atoms with Crippen LogP contribution in [-0.4, -0.2) is 45.4 Å². The highest BCUT2D eigenvalue weighted by atomic mass is 32.1. The van der Waals surface area contributed by atoms with E-state index in [0.717, 1.165) is 36.6 Å². The third-order valence-electron chi connectivity index (χ3n) is 4.86. The van der Waals surface area contributed by atoms with Crippen LogP contribution in [0.25, 0.3) is 0 Å². The van der Waals surface area contributed by atoms with Crippen LogP contribution in [0.15, 0.2) is 17.8 Å². The molecule has 2 fully saturated rings. The number of nitrogens with zero attached hydrogens (tertiary/aromatic N) is 5. The zero-order valence-corrected chi connectivity index (χ0v) is 14.2. The summed E-state index contributed by atoms with van der Waals surface area (Å²) in [7, 11) is 0. The van der Waals surface area contributed by atoms with Gasteiger partial charge in [0.2, 0.25) is 11.9 Å². The first-order valence-corrected chi connectivity index (χ1v) is 8.87. The van der Waals surface area contributed by atoms with Crippen molar-refractivity contribution in [3.63, 3.8) is 0 Å². The predicted molar refractivity (Wildman–Crippen MR) is 88.1 cm³/mol. The minimum Gasteiger partial charge on any atom is -0.340 e. The summed E-state index contributed by atoms with van der Waals surface area (Å²) in [5.41, 5.74) is 0.600. The molecule has 1 unspecified atom stereocenters. The van der Waals surface area contributed by atoms with Gasteiger partial charge in [0.15, 0.2) is 5.82 Å². The first-order valence-electron chi connectivity index (χ1n) is 7.99. The molecule has 2 aliphatic heterocycles. The molecular weight excluding hydrogens is 329 g/mol. The van der Waals surface area contributed by atoms with Crippen molar-refractivity contribution in [2.24, 2.45) is 5.41 Å². The van der Waals surface area contributed by atoms with E-state index in [1.807, 2.05) is 22.1 Å². The molecule has 1 spiro atoms. The minimum atomic E-state index is -0.450. The first-order chi connectivity index (χ1) is 11.6. The van der Waals surface area contributed by atoms with Crippen molar-refractivity contribution in [3.8, 4) is 0 Å². The summed E-state index contributed by atoms with van der Waals surface area (Å²) >= 11 is 1.61. The summed E-state index contributed by atoms with van der Waals surface area (Å²) in [4.78, 5) is 29.4. The van der Waals surface area contributed by atoms with Crippen molar-refractivity contribution >= 4 is 23.2 Å². The molecule has 8 heteroatoms. The number of aryl methyl sites for hydroxylation is 1. The Hall–Kier alpha value is -2.09. The van der Waals surface area contributed by atoms with E-state index in [2.05, 4.69) is 15.0 Å². The number of halogens is 1. The number of carbonyl (C=O) groups excluding carboxylic acids is 1. The molecule has 2 aromatic rings. The van der Waals surface area contributed by atoms with Crippen molar-refractivity contribution in [3.05, 3.63) is 34.3 Å². The summed E-state index contributed by atoms with van der Waals surface area (Å²) < 4.78 is 13.0. The van der Waals surface area contributed by atoms with Crippen molar-refractivity contribution < 1.29 is 9.18 Å². The fourth-order valence-electron chi connectivity index (χ4n) is 3.61. The Bertz CT molecular complexity index is 764. The lowest BCUT2D eigenvalue weighted by atomic mass is 9.85. The molecule has 0 aromatic carbocycles. The van der Waals surface area contributed by atoms with Crippen LogP contribution in [0.4, 0.5) is 10.3 Å². The molecule has 1 amide bonds. The maximum atomic E-state index is 13.0. The van der Waals surface area contributed by atoms with Crippen LogP contribution in [0.1, 0.15) is 23.5 Å². The summed E-state index contributed by atoms with van der Waals surface area (Å²) in [5.74, 6) is 0.238. The summed E-state index contributed by atoms with van der Waals surface area (Å²) in [6, 6.07) is 0. The molecule has 0 radical (unpaired) electrons. The molecule has 4 rings (SSSR count). The second kappa shape index (κ2) is 5.77. The van der Waals surface area contributed by atoms with E-state index >= 15 is 0 Å². The lowest BCUT2D eigenvalue weighted by molar-refractivity contribution is -0.135. The van der Waals surface area contributed by atoms with Gasteiger partial charge in [-0.15, -0.1) is 11.3 Å². The van der Waals surface area contributed by atoms with Gasteiger partial charge in [0.25, 0.3) is 0 Å². The van der Waals surface area contributed by atoms with Crippen molar-refractivity contribution in [2.45, 2.75) is 26.3 Å². The molecule has 0 N–H and O–H groups in total. The van der Waals surface area contributed by atoms with Gasteiger partial charge in [-0.3, -0.25) is 4.79 Å². The van der Waals surface area contributed by atoms with Crippen molar-refractivity contribution in [2.75, 3.05) is 24.5 Å². The number of rotatable bonds is 3. The topological polar surface area (TPSA) is 62.2 Å². The highest BCUT2D eigenvalue weighted by Crippen LogP contribution is 2.41. The van der Waals surface area contributed by atoms with Gasteiger partial charge < -0.3 is 9.80 Å². The molecule has 2 aliphatic rings. The maximum Gasteiger partial charge on any atom is 0.231 e. The number of hydrogen-bond acceptors (Lipinski definition) is 6. The van der Waals surface area contributed by atoms with E-state index in [9.17, 15) is 9.18 Å². The molecule has 6 nitrogen and oxygen atoms in total. The normalized spacial score (nSPS) is 23.7. The van der Waals surface area contributed by atoms with Crippen LogP contribution in [-0.2, 0) is 11.3 Å². The fourth-order valence-corrected chi connectivity index (χ4v) is 4.21.